The van der Waals surface area contributed by atoms with Gasteiger partial charge in [-0.05, 0) is 30.0 Å². The van der Waals surface area contributed by atoms with Gasteiger partial charge in [-0.3, -0.25) is 4.98 Å². The molecule has 3 rings (SSSR count). The van der Waals surface area contributed by atoms with E-state index in [1.807, 2.05) is 0 Å². The summed E-state index contributed by atoms with van der Waals surface area (Å²) in [6.45, 7) is 0.550. The summed E-state index contributed by atoms with van der Waals surface area (Å²) in [4.78, 5) is 4.26. The molecule has 1 aliphatic heterocycles. The molecule has 0 spiro atoms. The molecule has 0 saturated carbocycles. The highest BCUT2D eigenvalue weighted by molar-refractivity contribution is 7.89. The number of sulfonamides is 1. The van der Waals surface area contributed by atoms with Crippen LogP contribution in [0.25, 0.3) is 10.8 Å². The molecule has 2 aromatic rings. The third-order valence-corrected chi connectivity index (χ3v) is 5.24. The van der Waals surface area contributed by atoms with Crippen molar-refractivity contribution in [3.05, 3.63) is 36.7 Å². The zero-order valence-corrected chi connectivity index (χ0v) is 12.3. The number of hydrogen-bond acceptors (Lipinski definition) is 4. The fourth-order valence-corrected chi connectivity index (χ4v) is 3.83. The zero-order chi connectivity index (χ0) is 13.5. The number of rotatable bonds is 2. The Morgan fingerprint density at radius 1 is 1.25 bits per heavy atom. The lowest BCUT2D eigenvalue weighted by molar-refractivity contribution is 0.189. The third kappa shape index (κ3) is 2.64. The molecule has 1 N–H and O–H groups in total. The monoisotopic (exact) mass is 314 g/mol. The van der Waals surface area contributed by atoms with Gasteiger partial charge in [0, 0.05) is 30.9 Å². The van der Waals surface area contributed by atoms with Crippen LogP contribution in [-0.2, 0) is 10.0 Å². The minimum atomic E-state index is -3.51. The van der Waals surface area contributed by atoms with E-state index in [4.69, 9.17) is 0 Å². The second-order valence-electron chi connectivity index (χ2n) is 4.69. The topological polar surface area (TPSA) is 70.5 Å². The predicted octanol–water partition coefficient (Wildman–Crippen LogP) is 1.41. The molecule has 1 atom stereocenters. The number of halogens is 1. The van der Waals surface area contributed by atoms with Crippen LogP contribution in [0.15, 0.2) is 41.6 Å². The summed E-state index contributed by atoms with van der Waals surface area (Å²) < 4.78 is 26.2. The number of benzene rings is 1. The van der Waals surface area contributed by atoms with Crippen LogP contribution >= 0.6 is 12.4 Å². The van der Waals surface area contributed by atoms with Crippen molar-refractivity contribution in [1.29, 1.82) is 0 Å². The lowest BCUT2D eigenvalue weighted by Gasteiger charge is -2.16. The second-order valence-corrected chi connectivity index (χ2v) is 6.63. The minimum absolute atomic E-state index is 0. The van der Waals surface area contributed by atoms with E-state index in [9.17, 15) is 13.5 Å². The Morgan fingerprint density at radius 3 is 2.75 bits per heavy atom. The highest BCUT2D eigenvalue weighted by atomic mass is 35.5. The quantitative estimate of drug-likeness (QED) is 0.910. The molecule has 2 heterocycles. The summed E-state index contributed by atoms with van der Waals surface area (Å²) in [6.07, 6.45) is 3.28. The van der Waals surface area contributed by atoms with Crippen LogP contribution in [0.1, 0.15) is 6.42 Å². The second kappa shape index (κ2) is 5.65. The molecule has 5 nitrogen and oxygen atoms in total. The molecule has 1 aromatic carbocycles. The van der Waals surface area contributed by atoms with Crippen LogP contribution in [0.4, 0.5) is 0 Å². The maximum Gasteiger partial charge on any atom is 0.243 e. The predicted molar refractivity (Wildman–Crippen MR) is 78.4 cm³/mol. The van der Waals surface area contributed by atoms with Gasteiger partial charge in [0.25, 0.3) is 0 Å². The van der Waals surface area contributed by atoms with Crippen molar-refractivity contribution in [3.63, 3.8) is 0 Å². The Balaban J connectivity index is 0.00000147. The van der Waals surface area contributed by atoms with E-state index in [-0.39, 0.29) is 23.8 Å². The molecule has 0 radical (unpaired) electrons. The number of nitrogens with zero attached hydrogens (tertiary/aromatic N) is 2. The Labute approximate surface area is 123 Å². The SMILES string of the molecule is Cl.O=S(=O)(c1ccc2cnccc2c1)N1CCC(O)C1. The number of aliphatic hydroxyl groups excluding tert-OH is 1. The molecule has 0 bridgehead atoms. The van der Waals surface area contributed by atoms with E-state index >= 15 is 0 Å². The molecule has 0 aliphatic carbocycles. The standard InChI is InChI=1S/C13H14N2O3S.ClH/c16-12-4-6-15(9-12)19(17,18)13-2-1-11-8-14-5-3-10(11)7-13;/h1-3,5,7-8,12,16H,4,6,9H2;1H. The molecule has 1 saturated heterocycles. The van der Waals surface area contributed by atoms with Crippen LogP contribution in [0, 0.1) is 0 Å². The first-order valence-corrected chi connectivity index (χ1v) is 7.53. The van der Waals surface area contributed by atoms with Crippen molar-refractivity contribution in [1.82, 2.24) is 9.29 Å². The van der Waals surface area contributed by atoms with Gasteiger partial charge < -0.3 is 5.11 Å². The lowest BCUT2D eigenvalue weighted by Crippen LogP contribution is -2.29. The van der Waals surface area contributed by atoms with Crippen molar-refractivity contribution in [2.45, 2.75) is 17.4 Å². The van der Waals surface area contributed by atoms with Gasteiger partial charge in [0.15, 0.2) is 0 Å². The first kappa shape index (κ1) is 15.2. The van der Waals surface area contributed by atoms with Gasteiger partial charge in [-0.25, -0.2) is 8.42 Å². The lowest BCUT2D eigenvalue weighted by atomic mass is 10.2. The van der Waals surface area contributed by atoms with Crippen LogP contribution in [0.3, 0.4) is 0 Å². The number of pyridine rings is 1. The van der Waals surface area contributed by atoms with Crippen molar-refractivity contribution < 1.29 is 13.5 Å². The van der Waals surface area contributed by atoms with E-state index in [0.717, 1.165) is 10.8 Å². The number of β-amino-alcohol motifs (C(OH)–C–C–N with tert-alkyl or cyclic N) is 1. The van der Waals surface area contributed by atoms with E-state index in [1.54, 1.807) is 36.7 Å². The zero-order valence-electron chi connectivity index (χ0n) is 10.6. The Bertz CT molecular complexity index is 720. The molecule has 1 fully saturated rings. The normalized spacial score (nSPS) is 19.9. The summed E-state index contributed by atoms with van der Waals surface area (Å²) in [7, 11) is -3.51. The van der Waals surface area contributed by atoms with Crippen molar-refractivity contribution in [3.8, 4) is 0 Å². The van der Waals surface area contributed by atoms with Gasteiger partial charge >= 0.3 is 0 Å². The number of aromatic nitrogens is 1. The third-order valence-electron chi connectivity index (χ3n) is 3.38. The Hall–Kier alpha value is -1.21. The first-order chi connectivity index (χ1) is 9.07. The van der Waals surface area contributed by atoms with Crippen molar-refractivity contribution >= 4 is 33.2 Å². The van der Waals surface area contributed by atoms with E-state index in [0.29, 0.717) is 13.0 Å². The molecular formula is C13H15ClN2O3S. The van der Waals surface area contributed by atoms with Crippen LogP contribution in [0.2, 0.25) is 0 Å². The summed E-state index contributed by atoms with van der Waals surface area (Å²) in [5, 5.41) is 11.2. The molecule has 1 aliphatic rings. The molecule has 7 heteroatoms. The summed E-state index contributed by atoms with van der Waals surface area (Å²) in [5.41, 5.74) is 0. The van der Waals surface area contributed by atoms with E-state index < -0.39 is 16.1 Å². The molecule has 0 amide bonds. The summed E-state index contributed by atoms with van der Waals surface area (Å²) in [6, 6.07) is 6.77. The Kier molecular flexibility index (Phi) is 4.29. The molecule has 1 aromatic heterocycles. The Morgan fingerprint density at radius 2 is 2.05 bits per heavy atom. The maximum atomic E-state index is 12.4. The highest BCUT2D eigenvalue weighted by Gasteiger charge is 2.31. The fraction of sp³-hybridized carbons (Fsp3) is 0.308. The van der Waals surface area contributed by atoms with Gasteiger partial charge in [-0.2, -0.15) is 4.31 Å². The highest BCUT2D eigenvalue weighted by Crippen LogP contribution is 2.24. The smallest absolute Gasteiger partial charge is 0.243 e. The average Bonchev–Trinajstić information content (AvgIpc) is 2.85. The summed E-state index contributed by atoms with van der Waals surface area (Å²) >= 11 is 0. The van der Waals surface area contributed by atoms with Gasteiger partial charge in [-0.15, -0.1) is 12.4 Å². The molecule has 1 unspecified atom stereocenters. The van der Waals surface area contributed by atoms with E-state index in [1.165, 1.54) is 4.31 Å². The van der Waals surface area contributed by atoms with E-state index in [2.05, 4.69) is 4.98 Å². The molecular weight excluding hydrogens is 300 g/mol. The number of aliphatic hydroxyl groups is 1. The van der Waals surface area contributed by atoms with Crippen molar-refractivity contribution in [2.24, 2.45) is 0 Å². The van der Waals surface area contributed by atoms with Crippen molar-refractivity contribution in [2.75, 3.05) is 13.1 Å². The molecule has 108 valence electrons. The minimum Gasteiger partial charge on any atom is -0.392 e. The van der Waals surface area contributed by atoms with Gasteiger partial charge in [0.2, 0.25) is 10.0 Å². The maximum absolute atomic E-state index is 12.4. The molecule has 20 heavy (non-hydrogen) atoms. The van der Waals surface area contributed by atoms with Crippen LogP contribution in [-0.4, -0.2) is 42.0 Å². The van der Waals surface area contributed by atoms with Gasteiger partial charge in [0.05, 0.1) is 11.0 Å². The largest absolute Gasteiger partial charge is 0.392 e. The van der Waals surface area contributed by atoms with Gasteiger partial charge in [0.1, 0.15) is 0 Å². The van der Waals surface area contributed by atoms with Gasteiger partial charge in [-0.1, -0.05) is 6.07 Å². The average molecular weight is 315 g/mol. The fourth-order valence-electron chi connectivity index (χ4n) is 2.30. The first-order valence-electron chi connectivity index (χ1n) is 6.09. The van der Waals surface area contributed by atoms with Crippen LogP contribution < -0.4 is 0 Å². The summed E-state index contributed by atoms with van der Waals surface area (Å²) in [5.74, 6) is 0. The number of fused-ring (bicyclic) bond motifs is 1. The number of hydrogen-bond donors (Lipinski definition) is 1. The van der Waals surface area contributed by atoms with Crippen LogP contribution in [0.5, 0.6) is 0 Å².